The first-order valence-corrected chi connectivity index (χ1v) is 11.2. The summed E-state index contributed by atoms with van der Waals surface area (Å²) in [6, 6.07) is 25.1. The summed E-state index contributed by atoms with van der Waals surface area (Å²) >= 11 is 0. The van der Waals surface area contributed by atoms with Gasteiger partial charge in [-0.3, -0.25) is 4.79 Å². The van der Waals surface area contributed by atoms with Crippen LogP contribution in [0.1, 0.15) is 24.2 Å². The van der Waals surface area contributed by atoms with Crippen molar-refractivity contribution in [3.63, 3.8) is 0 Å². The monoisotopic (exact) mass is 493 g/mol. The maximum atomic E-state index is 12.6. The van der Waals surface area contributed by atoms with Gasteiger partial charge in [0.25, 0.3) is 0 Å². The van der Waals surface area contributed by atoms with Crippen molar-refractivity contribution < 1.29 is 18.7 Å². The molecule has 1 aromatic heterocycles. The molecule has 0 aliphatic carbocycles. The van der Waals surface area contributed by atoms with Crippen LogP contribution in [-0.2, 0) is 4.74 Å². The maximum absolute atomic E-state index is 12.6. The van der Waals surface area contributed by atoms with Crippen molar-refractivity contribution in [2.24, 2.45) is 0 Å². The summed E-state index contributed by atoms with van der Waals surface area (Å²) in [5, 5.41) is 3.76. The molecule has 4 aromatic rings. The van der Waals surface area contributed by atoms with E-state index in [1.807, 2.05) is 50.2 Å². The summed E-state index contributed by atoms with van der Waals surface area (Å²) < 4.78 is 17.6. The van der Waals surface area contributed by atoms with E-state index in [9.17, 15) is 9.59 Å². The third-order valence-corrected chi connectivity index (χ3v) is 5.23. The van der Waals surface area contributed by atoms with E-state index >= 15 is 0 Å². The molecule has 1 N–H and O–H groups in total. The average Bonchev–Trinajstić information content (AvgIpc) is 2.86. The molecule has 3 aromatic carbocycles. The summed E-state index contributed by atoms with van der Waals surface area (Å²) in [6.45, 7) is 4.63. The molecule has 1 atom stereocenters. The van der Waals surface area contributed by atoms with Gasteiger partial charge in [0.1, 0.15) is 29.8 Å². The highest BCUT2D eigenvalue weighted by atomic mass is 35.5. The Bertz CT molecular complexity index is 1310. The van der Waals surface area contributed by atoms with Crippen LogP contribution in [0.2, 0.25) is 0 Å². The third-order valence-electron chi connectivity index (χ3n) is 5.23. The third kappa shape index (κ3) is 6.94. The Morgan fingerprint density at radius 3 is 2.31 bits per heavy atom. The standard InChI is InChI=1S/C28H27NO5.ClH/c1-19(2)29-17-23(33-28(31)21-11-7-4-8-12-21)18-32-22-13-14-24-25(30)16-26(34-27(24)15-22)20-9-5-3-6-10-20;/h3-16,19,23,29H,17-18H2,1-2H3;1H. The zero-order valence-electron chi connectivity index (χ0n) is 19.6. The van der Waals surface area contributed by atoms with E-state index in [0.29, 0.717) is 34.6 Å². The van der Waals surface area contributed by atoms with Gasteiger partial charge in [-0.25, -0.2) is 4.79 Å². The summed E-state index contributed by atoms with van der Waals surface area (Å²) in [7, 11) is 0. The Morgan fingerprint density at radius 1 is 0.943 bits per heavy atom. The fourth-order valence-electron chi connectivity index (χ4n) is 3.45. The Kier molecular flexibility index (Phi) is 9.06. The molecule has 0 saturated carbocycles. The van der Waals surface area contributed by atoms with E-state index in [2.05, 4.69) is 5.32 Å². The molecule has 0 radical (unpaired) electrons. The fraction of sp³-hybridized carbons (Fsp3) is 0.214. The quantitative estimate of drug-likeness (QED) is 0.311. The number of hydrogen-bond acceptors (Lipinski definition) is 6. The number of carbonyl (C=O) groups excluding carboxylic acids is 1. The predicted molar refractivity (Wildman–Crippen MR) is 139 cm³/mol. The molecule has 0 fully saturated rings. The molecule has 4 rings (SSSR count). The second-order valence-electron chi connectivity index (χ2n) is 8.27. The van der Waals surface area contributed by atoms with E-state index in [4.69, 9.17) is 13.9 Å². The minimum atomic E-state index is -0.506. The number of fused-ring (bicyclic) bond motifs is 1. The molecule has 0 bridgehead atoms. The van der Waals surface area contributed by atoms with Crippen LogP contribution < -0.4 is 15.5 Å². The Hall–Kier alpha value is -3.61. The highest BCUT2D eigenvalue weighted by molar-refractivity contribution is 5.89. The molecule has 7 heteroatoms. The van der Waals surface area contributed by atoms with Gasteiger partial charge in [-0.1, -0.05) is 62.4 Å². The second-order valence-corrected chi connectivity index (χ2v) is 8.27. The van der Waals surface area contributed by atoms with Crippen LogP contribution in [0.25, 0.3) is 22.3 Å². The Morgan fingerprint density at radius 2 is 1.63 bits per heavy atom. The minimum absolute atomic E-state index is 0. The van der Waals surface area contributed by atoms with Crippen molar-refractivity contribution in [1.82, 2.24) is 5.32 Å². The van der Waals surface area contributed by atoms with Crippen LogP contribution >= 0.6 is 12.4 Å². The minimum Gasteiger partial charge on any atom is -0.490 e. The van der Waals surface area contributed by atoms with Crippen LogP contribution in [0.3, 0.4) is 0 Å². The van der Waals surface area contributed by atoms with Crippen molar-refractivity contribution in [2.75, 3.05) is 13.2 Å². The summed E-state index contributed by atoms with van der Waals surface area (Å²) in [6.07, 6.45) is -0.506. The molecule has 1 unspecified atom stereocenters. The molecule has 0 amide bonds. The van der Waals surface area contributed by atoms with E-state index in [1.54, 1.807) is 42.5 Å². The molecular weight excluding hydrogens is 466 g/mol. The zero-order chi connectivity index (χ0) is 23.9. The lowest BCUT2D eigenvalue weighted by molar-refractivity contribution is 0.0172. The SMILES string of the molecule is CC(C)NCC(COc1ccc2c(=O)cc(-c3ccccc3)oc2c1)OC(=O)c1ccccc1.Cl. The highest BCUT2D eigenvalue weighted by Crippen LogP contribution is 2.25. The number of benzene rings is 3. The van der Waals surface area contributed by atoms with Crippen molar-refractivity contribution in [2.45, 2.75) is 26.0 Å². The number of esters is 1. The largest absolute Gasteiger partial charge is 0.490 e. The second kappa shape index (κ2) is 12.2. The van der Waals surface area contributed by atoms with E-state index in [1.165, 1.54) is 6.07 Å². The molecular formula is C28H28ClNO5. The summed E-state index contributed by atoms with van der Waals surface area (Å²) in [5.41, 5.74) is 1.61. The van der Waals surface area contributed by atoms with Crippen LogP contribution in [0.4, 0.5) is 0 Å². The van der Waals surface area contributed by atoms with Crippen molar-refractivity contribution in [1.29, 1.82) is 0 Å². The number of halogens is 1. The first-order chi connectivity index (χ1) is 16.5. The Balaban J connectivity index is 0.00000342. The van der Waals surface area contributed by atoms with Crippen molar-refractivity contribution >= 4 is 29.3 Å². The highest BCUT2D eigenvalue weighted by Gasteiger charge is 2.18. The number of hydrogen-bond donors (Lipinski definition) is 1. The molecule has 35 heavy (non-hydrogen) atoms. The van der Waals surface area contributed by atoms with Gasteiger partial charge in [0.15, 0.2) is 5.43 Å². The van der Waals surface area contributed by atoms with E-state index < -0.39 is 12.1 Å². The average molecular weight is 494 g/mol. The van der Waals surface area contributed by atoms with Gasteiger partial charge < -0.3 is 19.2 Å². The first-order valence-electron chi connectivity index (χ1n) is 11.2. The number of nitrogens with one attached hydrogen (secondary N) is 1. The van der Waals surface area contributed by atoms with Gasteiger partial charge in [-0.2, -0.15) is 0 Å². The van der Waals surface area contributed by atoms with Gasteiger partial charge in [0.05, 0.1) is 10.9 Å². The summed E-state index contributed by atoms with van der Waals surface area (Å²) in [5.74, 6) is 0.606. The van der Waals surface area contributed by atoms with Gasteiger partial charge >= 0.3 is 5.97 Å². The van der Waals surface area contributed by atoms with Crippen LogP contribution in [0.5, 0.6) is 5.75 Å². The topological polar surface area (TPSA) is 77.8 Å². The zero-order valence-corrected chi connectivity index (χ0v) is 20.4. The maximum Gasteiger partial charge on any atom is 0.338 e. The molecule has 182 valence electrons. The molecule has 0 saturated heterocycles. The number of rotatable bonds is 9. The number of carbonyl (C=O) groups is 1. The van der Waals surface area contributed by atoms with Gasteiger partial charge in [-0.15, -0.1) is 12.4 Å². The predicted octanol–water partition coefficient (Wildman–Crippen LogP) is 5.48. The van der Waals surface area contributed by atoms with E-state index in [0.717, 1.165) is 5.56 Å². The molecule has 0 spiro atoms. The lowest BCUT2D eigenvalue weighted by Crippen LogP contribution is -2.38. The molecule has 0 aliphatic rings. The van der Waals surface area contributed by atoms with Crippen LogP contribution in [0, 0.1) is 0 Å². The van der Waals surface area contributed by atoms with E-state index in [-0.39, 0.29) is 30.5 Å². The lowest BCUT2D eigenvalue weighted by atomic mass is 10.1. The first kappa shape index (κ1) is 26.0. The van der Waals surface area contributed by atoms with Crippen LogP contribution in [0.15, 0.2) is 94.1 Å². The molecule has 0 aliphatic heterocycles. The van der Waals surface area contributed by atoms with Crippen molar-refractivity contribution in [3.05, 3.63) is 101 Å². The molecule has 1 heterocycles. The summed E-state index contributed by atoms with van der Waals surface area (Å²) in [4.78, 5) is 25.1. The number of ether oxygens (including phenoxy) is 2. The van der Waals surface area contributed by atoms with Gasteiger partial charge in [-0.05, 0) is 24.3 Å². The fourth-order valence-corrected chi connectivity index (χ4v) is 3.45. The van der Waals surface area contributed by atoms with Gasteiger partial charge in [0.2, 0.25) is 0 Å². The smallest absolute Gasteiger partial charge is 0.338 e. The lowest BCUT2D eigenvalue weighted by Gasteiger charge is -2.20. The van der Waals surface area contributed by atoms with Crippen molar-refractivity contribution in [3.8, 4) is 17.1 Å². The normalized spacial score (nSPS) is 11.6. The van der Waals surface area contributed by atoms with Gasteiger partial charge in [0, 0.05) is 30.3 Å². The van der Waals surface area contributed by atoms with Crippen LogP contribution in [-0.4, -0.2) is 31.3 Å². The Labute approximate surface area is 210 Å². The molecule has 6 nitrogen and oxygen atoms in total.